The number of benzene rings is 1. The number of nitrogens with one attached hydrogen (secondary N) is 2. The predicted octanol–water partition coefficient (Wildman–Crippen LogP) is 2.72. The van der Waals surface area contributed by atoms with Crippen LogP contribution in [0.5, 0.6) is 0 Å². The Balaban J connectivity index is 1.73. The van der Waals surface area contributed by atoms with E-state index in [1.807, 2.05) is 51.1 Å². The van der Waals surface area contributed by atoms with E-state index < -0.39 is 0 Å². The average molecular weight is 347 g/mol. The largest absolute Gasteiger partial charge is 0.317 e. The quantitative estimate of drug-likeness (QED) is 0.593. The number of nitrogens with zero attached hydrogens (tertiary/aromatic N) is 5. The summed E-state index contributed by atoms with van der Waals surface area (Å²) in [5.74, 6) is -0.324. The van der Waals surface area contributed by atoms with Crippen LogP contribution in [0.25, 0.3) is 16.6 Å². The standard InChI is InChI=1S/C18H17N7O/c1-10-15(11(2)22-21-10)20-18(26)16-12(3)25(24-23-16)14-8-4-6-13-7-5-9-19-17(13)14/h4-9H,1-3H3,(H,20,26)(H,21,22). The number of hydrogen-bond donors (Lipinski definition) is 2. The van der Waals surface area contributed by atoms with Gasteiger partial charge < -0.3 is 5.32 Å². The molecule has 0 saturated carbocycles. The molecule has 0 atom stereocenters. The van der Waals surface area contributed by atoms with Gasteiger partial charge in [-0.2, -0.15) is 5.10 Å². The summed E-state index contributed by atoms with van der Waals surface area (Å²) in [4.78, 5) is 17.1. The molecule has 8 heteroatoms. The molecule has 0 spiro atoms. The number of para-hydroxylation sites is 1. The number of aryl methyl sites for hydroxylation is 2. The summed E-state index contributed by atoms with van der Waals surface area (Å²) in [5.41, 5.74) is 4.66. The fourth-order valence-corrected chi connectivity index (χ4v) is 2.93. The second-order valence-electron chi connectivity index (χ2n) is 6.05. The topological polar surface area (TPSA) is 101 Å². The zero-order valence-electron chi connectivity index (χ0n) is 14.6. The van der Waals surface area contributed by atoms with Crippen molar-refractivity contribution in [3.63, 3.8) is 0 Å². The van der Waals surface area contributed by atoms with Crippen molar-refractivity contribution >= 4 is 22.5 Å². The van der Waals surface area contributed by atoms with Crippen LogP contribution in [-0.4, -0.2) is 36.1 Å². The third kappa shape index (κ3) is 2.52. The van der Waals surface area contributed by atoms with Gasteiger partial charge in [-0.1, -0.05) is 23.4 Å². The Labute approximate surface area is 149 Å². The van der Waals surface area contributed by atoms with Crippen LogP contribution in [0.15, 0.2) is 36.5 Å². The molecule has 4 rings (SSSR count). The number of fused-ring (bicyclic) bond motifs is 1. The maximum absolute atomic E-state index is 12.7. The van der Waals surface area contributed by atoms with E-state index in [0.29, 0.717) is 11.4 Å². The van der Waals surface area contributed by atoms with Gasteiger partial charge in [0.15, 0.2) is 5.69 Å². The molecule has 1 aromatic carbocycles. The molecule has 0 aliphatic rings. The number of aromatic nitrogens is 6. The van der Waals surface area contributed by atoms with Gasteiger partial charge in [-0.05, 0) is 32.9 Å². The first kappa shape index (κ1) is 15.9. The minimum atomic E-state index is -0.324. The van der Waals surface area contributed by atoms with Crippen molar-refractivity contribution in [1.29, 1.82) is 0 Å². The second-order valence-corrected chi connectivity index (χ2v) is 6.05. The fraction of sp³-hybridized carbons (Fsp3) is 0.167. The molecule has 0 saturated heterocycles. The summed E-state index contributed by atoms with van der Waals surface area (Å²) in [7, 11) is 0. The summed E-state index contributed by atoms with van der Waals surface area (Å²) >= 11 is 0. The molecule has 26 heavy (non-hydrogen) atoms. The van der Waals surface area contributed by atoms with Crippen molar-refractivity contribution in [3.05, 3.63) is 59.3 Å². The van der Waals surface area contributed by atoms with Gasteiger partial charge in [-0.3, -0.25) is 14.9 Å². The summed E-state index contributed by atoms with van der Waals surface area (Å²) in [5, 5.41) is 19.0. The summed E-state index contributed by atoms with van der Waals surface area (Å²) < 4.78 is 1.64. The number of anilines is 1. The van der Waals surface area contributed by atoms with E-state index in [-0.39, 0.29) is 11.6 Å². The number of aromatic amines is 1. The number of hydrogen-bond acceptors (Lipinski definition) is 5. The average Bonchev–Trinajstić information content (AvgIpc) is 3.18. The number of pyridine rings is 1. The van der Waals surface area contributed by atoms with Crippen molar-refractivity contribution in [2.75, 3.05) is 5.32 Å². The molecular weight excluding hydrogens is 330 g/mol. The molecule has 2 N–H and O–H groups in total. The Morgan fingerprint density at radius 3 is 2.73 bits per heavy atom. The van der Waals surface area contributed by atoms with E-state index in [1.54, 1.807) is 10.9 Å². The lowest BCUT2D eigenvalue weighted by atomic mass is 10.2. The molecule has 3 heterocycles. The van der Waals surface area contributed by atoms with Gasteiger partial charge in [0.25, 0.3) is 5.91 Å². The zero-order chi connectivity index (χ0) is 18.3. The minimum Gasteiger partial charge on any atom is -0.317 e. The monoisotopic (exact) mass is 347 g/mol. The molecule has 0 unspecified atom stereocenters. The lowest BCUT2D eigenvalue weighted by Gasteiger charge is -2.07. The van der Waals surface area contributed by atoms with Crippen molar-refractivity contribution in [3.8, 4) is 5.69 Å². The molecule has 3 aromatic heterocycles. The van der Waals surface area contributed by atoms with Crippen LogP contribution in [0.2, 0.25) is 0 Å². The van der Waals surface area contributed by atoms with E-state index in [4.69, 9.17) is 0 Å². The highest BCUT2D eigenvalue weighted by Gasteiger charge is 2.20. The Morgan fingerprint density at radius 1 is 1.15 bits per heavy atom. The maximum Gasteiger partial charge on any atom is 0.278 e. The lowest BCUT2D eigenvalue weighted by Crippen LogP contribution is -2.15. The van der Waals surface area contributed by atoms with Crippen LogP contribution in [0.3, 0.4) is 0 Å². The molecule has 0 fully saturated rings. The predicted molar refractivity (Wildman–Crippen MR) is 97.4 cm³/mol. The Hall–Kier alpha value is -3.55. The van der Waals surface area contributed by atoms with Crippen molar-refractivity contribution in [2.45, 2.75) is 20.8 Å². The molecule has 130 valence electrons. The van der Waals surface area contributed by atoms with Crippen LogP contribution in [0.4, 0.5) is 5.69 Å². The molecule has 0 aliphatic heterocycles. The lowest BCUT2D eigenvalue weighted by molar-refractivity contribution is 0.102. The Kier molecular flexibility index (Phi) is 3.72. The molecule has 4 aromatic rings. The first-order valence-electron chi connectivity index (χ1n) is 8.15. The number of amides is 1. The maximum atomic E-state index is 12.7. The van der Waals surface area contributed by atoms with Crippen molar-refractivity contribution < 1.29 is 4.79 Å². The molecule has 1 amide bonds. The van der Waals surface area contributed by atoms with Crippen molar-refractivity contribution in [2.24, 2.45) is 0 Å². The molecule has 8 nitrogen and oxygen atoms in total. The first-order chi connectivity index (χ1) is 12.6. The fourth-order valence-electron chi connectivity index (χ4n) is 2.93. The van der Waals surface area contributed by atoms with Gasteiger partial charge in [0.1, 0.15) is 0 Å². The zero-order valence-corrected chi connectivity index (χ0v) is 14.6. The van der Waals surface area contributed by atoms with Crippen LogP contribution in [0.1, 0.15) is 27.6 Å². The third-order valence-corrected chi connectivity index (χ3v) is 4.32. The van der Waals surface area contributed by atoms with Gasteiger partial charge in [-0.15, -0.1) is 5.10 Å². The highest BCUT2D eigenvalue weighted by molar-refractivity contribution is 6.04. The van der Waals surface area contributed by atoms with Gasteiger partial charge in [0.05, 0.1) is 34.0 Å². The minimum absolute atomic E-state index is 0.262. The van der Waals surface area contributed by atoms with Crippen LogP contribution >= 0.6 is 0 Å². The van der Waals surface area contributed by atoms with E-state index in [1.165, 1.54) is 0 Å². The smallest absolute Gasteiger partial charge is 0.278 e. The van der Waals surface area contributed by atoms with Gasteiger partial charge in [-0.25, -0.2) is 4.68 Å². The first-order valence-corrected chi connectivity index (χ1v) is 8.15. The molecule has 0 aliphatic carbocycles. The highest BCUT2D eigenvalue weighted by Crippen LogP contribution is 2.22. The number of H-pyrrole nitrogens is 1. The number of rotatable bonds is 3. The Morgan fingerprint density at radius 2 is 1.96 bits per heavy atom. The van der Waals surface area contributed by atoms with Crippen LogP contribution in [-0.2, 0) is 0 Å². The van der Waals surface area contributed by atoms with Crippen LogP contribution in [0, 0.1) is 20.8 Å². The number of carbonyl (C=O) groups is 1. The molecule has 0 bridgehead atoms. The SMILES string of the molecule is Cc1n[nH]c(C)c1NC(=O)c1nnn(-c2cccc3cccnc23)c1C. The van der Waals surface area contributed by atoms with Crippen molar-refractivity contribution in [1.82, 2.24) is 30.2 Å². The van der Waals surface area contributed by atoms with E-state index in [0.717, 1.165) is 28.0 Å². The molecular formula is C18H17N7O. The Bertz CT molecular complexity index is 1100. The van der Waals surface area contributed by atoms with Gasteiger partial charge >= 0.3 is 0 Å². The highest BCUT2D eigenvalue weighted by atomic mass is 16.2. The van der Waals surface area contributed by atoms with Gasteiger partial charge in [0, 0.05) is 11.6 Å². The summed E-state index contributed by atoms with van der Waals surface area (Å²) in [6.45, 7) is 5.48. The third-order valence-electron chi connectivity index (χ3n) is 4.32. The van der Waals surface area contributed by atoms with E-state index in [2.05, 4.69) is 30.8 Å². The van der Waals surface area contributed by atoms with Crippen LogP contribution < -0.4 is 5.32 Å². The molecule has 0 radical (unpaired) electrons. The normalized spacial score (nSPS) is 11.0. The summed E-state index contributed by atoms with van der Waals surface area (Å²) in [6, 6.07) is 9.68. The van der Waals surface area contributed by atoms with Gasteiger partial charge in [0.2, 0.25) is 0 Å². The van der Waals surface area contributed by atoms with E-state index in [9.17, 15) is 4.79 Å². The summed E-state index contributed by atoms with van der Waals surface area (Å²) in [6.07, 6.45) is 1.73. The van der Waals surface area contributed by atoms with E-state index >= 15 is 0 Å². The second kappa shape index (κ2) is 6.07. The number of carbonyl (C=O) groups excluding carboxylic acids is 1.